The third kappa shape index (κ3) is 5.42. The molecule has 2 fully saturated rings. The zero-order valence-corrected chi connectivity index (χ0v) is 20.8. The zero-order chi connectivity index (χ0) is 25.8. The highest BCUT2D eigenvalue weighted by atomic mass is 16.2. The Bertz CT molecular complexity index is 1250. The lowest BCUT2D eigenvalue weighted by molar-refractivity contribution is -0.117. The molecule has 8 nitrogen and oxygen atoms in total. The minimum absolute atomic E-state index is 0.0253. The maximum absolute atomic E-state index is 12.3. The Kier molecular flexibility index (Phi) is 7.06. The molecule has 3 aromatic rings. The van der Waals surface area contributed by atoms with Gasteiger partial charge in [0, 0.05) is 18.2 Å². The van der Waals surface area contributed by atoms with Crippen LogP contribution in [0, 0.1) is 17.2 Å². The van der Waals surface area contributed by atoms with Crippen molar-refractivity contribution in [2.45, 2.75) is 62.6 Å². The highest BCUT2D eigenvalue weighted by Crippen LogP contribution is 2.40. The normalized spacial score (nSPS) is 21.4. The summed E-state index contributed by atoms with van der Waals surface area (Å²) in [4.78, 5) is 24.5. The number of aromatic nitrogens is 2. The van der Waals surface area contributed by atoms with Gasteiger partial charge in [-0.1, -0.05) is 60.7 Å². The van der Waals surface area contributed by atoms with Crippen molar-refractivity contribution in [2.75, 3.05) is 5.32 Å². The quantitative estimate of drug-likeness (QED) is 0.408. The van der Waals surface area contributed by atoms with E-state index >= 15 is 0 Å². The fourth-order valence-corrected chi connectivity index (χ4v) is 5.32. The van der Waals surface area contributed by atoms with E-state index in [2.05, 4.69) is 70.3 Å². The largest absolute Gasteiger partial charge is 0.365 e. The summed E-state index contributed by atoms with van der Waals surface area (Å²) < 4.78 is 1.71. The van der Waals surface area contributed by atoms with Gasteiger partial charge in [-0.25, -0.2) is 0 Å². The van der Waals surface area contributed by atoms with Gasteiger partial charge in [-0.05, 0) is 49.7 Å². The third-order valence-corrected chi connectivity index (χ3v) is 7.65. The number of nitriles is 1. The molecule has 2 saturated carbocycles. The van der Waals surface area contributed by atoms with Gasteiger partial charge in [-0.15, -0.1) is 0 Å². The maximum Gasteiger partial charge on any atom is 0.254 e. The second-order valence-corrected chi connectivity index (χ2v) is 10.2. The highest BCUT2D eigenvalue weighted by Gasteiger charge is 2.40. The van der Waals surface area contributed by atoms with Crippen LogP contribution < -0.4 is 16.4 Å². The molecule has 0 unspecified atom stereocenters. The average molecular weight is 497 g/mol. The van der Waals surface area contributed by atoms with Gasteiger partial charge in [0.05, 0.1) is 24.1 Å². The van der Waals surface area contributed by atoms with Crippen molar-refractivity contribution in [2.24, 2.45) is 11.7 Å². The van der Waals surface area contributed by atoms with E-state index in [1.165, 1.54) is 11.1 Å². The Morgan fingerprint density at radius 2 is 1.62 bits per heavy atom. The summed E-state index contributed by atoms with van der Waals surface area (Å²) in [5.41, 5.74) is 7.64. The molecular weight excluding hydrogens is 464 g/mol. The number of hydrogen-bond acceptors (Lipinski definition) is 5. The fraction of sp³-hybridized carbons (Fsp3) is 0.379. The Balaban J connectivity index is 1.35. The van der Waals surface area contributed by atoms with E-state index in [0.717, 1.165) is 25.7 Å². The Labute approximate surface area is 216 Å². The third-order valence-electron chi connectivity index (χ3n) is 7.65. The van der Waals surface area contributed by atoms with Crippen LogP contribution in [-0.2, 0) is 10.3 Å². The molecule has 1 aromatic heterocycles. The molecule has 0 saturated heterocycles. The molecule has 37 heavy (non-hydrogen) atoms. The number of nitrogens with zero attached hydrogens (tertiary/aromatic N) is 3. The monoisotopic (exact) mass is 496 g/mol. The van der Waals surface area contributed by atoms with Crippen LogP contribution in [-0.4, -0.2) is 27.6 Å². The summed E-state index contributed by atoms with van der Waals surface area (Å²) in [5.74, 6) is -0.617. The number of primary amides is 1. The SMILES string of the molecule is N#CC[C@]1(n2cc(C(N)=O)c(NC(=O)C3CC3)n2)CC[C@H](NC(c2ccccc2)c2ccccc2)CC1. The molecule has 0 radical (unpaired) electrons. The molecule has 0 spiro atoms. The predicted molar refractivity (Wildman–Crippen MR) is 140 cm³/mol. The number of nitrogens with one attached hydrogen (secondary N) is 2. The van der Waals surface area contributed by atoms with Gasteiger partial charge in [0.2, 0.25) is 5.91 Å². The van der Waals surface area contributed by atoms with E-state index in [4.69, 9.17) is 5.73 Å². The number of amides is 2. The summed E-state index contributed by atoms with van der Waals surface area (Å²) in [6.07, 6.45) is 6.66. The van der Waals surface area contributed by atoms with Gasteiger partial charge in [0.15, 0.2) is 5.82 Å². The standard InChI is InChI=1S/C29H32N6O2/c30-18-17-29(35-19-24(26(31)36)27(34-35)33-28(37)22-11-12-22)15-13-23(14-16-29)32-25(20-7-3-1-4-8-20)21-9-5-2-6-10-21/h1-10,19,22-23,25,32H,11-17H2,(H2,31,36)(H,33,34,37)/t23-,29-. The van der Waals surface area contributed by atoms with Crippen molar-refractivity contribution in [1.29, 1.82) is 5.26 Å². The number of nitrogens with two attached hydrogens (primary N) is 1. The summed E-state index contributed by atoms with van der Waals surface area (Å²) in [5, 5.41) is 20.9. The van der Waals surface area contributed by atoms with Crippen molar-refractivity contribution in [3.8, 4) is 6.07 Å². The van der Waals surface area contributed by atoms with E-state index < -0.39 is 11.4 Å². The fourth-order valence-electron chi connectivity index (χ4n) is 5.32. The molecule has 0 aliphatic heterocycles. The lowest BCUT2D eigenvalue weighted by Gasteiger charge is -2.40. The summed E-state index contributed by atoms with van der Waals surface area (Å²) >= 11 is 0. The molecule has 8 heteroatoms. The van der Waals surface area contributed by atoms with Crippen LogP contribution in [0.1, 0.15) is 72.5 Å². The molecule has 2 amide bonds. The Hall–Kier alpha value is -3.96. The first-order valence-corrected chi connectivity index (χ1v) is 12.9. The van der Waals surface area contributed by atoms with Gasteiger partial charge in [0.1, 0.15) is 5.56 Å². The first-order chi connectivity index (χ1) is 18.0. The summed E-state index contributed by atoms with van der Waals surface area (Å²) in [6.45, 7) is 0. The van der Waals surface area contributed by atoms with Gasteiger partial charge >= 0.3 is 0 Å². The van der Waals surface area contributed by atoms with E-state index in [0.29, 0.717) is 12.8 Å². The number of anilines is 1. The van der Waals surface area contributed by atoms with Crippen molar-refractivity contribution in [3.05, 3.63) is 83.6 Å². The first kappa shape index (κ1) is 24.7. The van der Waals surface area contributed by atoms with E-state index in [9.17, 15) is 14.9 Å². The van der Waals surface area contributed by atoms with Crippen LogP contribution >= 0.6 is 0 Å². The number of benzene rings is 2. The van der Waals surface area contributed by atoms with Gasteiger partial charge in [-0.3, -0.25) is 14.3 Å². The highest BCUT2D eigenvalue weighted by molar-refractivity contribution is 6.02. The van der Waals surface area contributed by atoms with Crippen LogP contribution in [0.3, 0.4) is 0 Å². The van der Waals surface area contributed by atoms with Crippen LogP contribution in [0.5, 0.6) is 0 Å². The first-order valence-electron chi connectivity index (χ1n) is 12.9. The smallest absolute Gasteiger partial charge is 0.254 e. The number of rotatable bonds is 9. The van der Waals surface area contributed by atoms with Crippen LogP contribution in [0.2, 0.25) is 0 Å². The van der Waals surface area contributed by atoms with E-state index in [-0.39, 0.29) is 41.7 Å². The van der Waals surface area contributed by atoms with Crippen LogP contribution in [0.15, 0.2) is 66.9 Å². The minimum Gasteiger partial charge on any atom is -0.365 e. The number of carbonyl (C=O) groups excluding carboxylic acids is 2. The molecule has 2 aliphatic rings. The van der Waals surface area contributed by atoms with Crippen molar-refractivity contribution in [3.63, 3.8) is 0 Å². The van der Waals surface area contributed by atoms with Crippen molar-refractivity contribution >= 4 is 17.6 Å². The van der Waals surface area contributed by atoms with E-state index in [1.54, 1.807) is 10.9 Å². The second-order valence-electron chi connectivity index (χ2n) is 10.2. The molecule has 5 rings (SSSR count). The molecule has 0 bridgehead atoms. The lowest BCUT2D eigenvalue weighted by atomic mass is 9.77. The molecule has 4 N–H and O–H groups in total. The zero-order valence-electron chi connectivity index (χ0n) is 20.8. The van der Waals surface area contributed by atoms with Gasteiger partial charge in [-0.2, -0.15) is 10.4 Å². The molecular formula is C29H32N6O2. The molecule has 2 aliphatic carbocycles. The maximum atomic E-state index is 12.3. The Morgan fingerprint density at radius 3 is 2.14 bits per heavy atom. The molecule has 0 atom stereocenters. The second kappa shape index (κ2) is 10.6. The lowest BCUT2D eigenvalue weighted by Crippen LogP contribution is -2.44. The van der Waals surface area contributed by atoms with Gasteiger partial charge in [0.25, 0.3) is 5.91 Å². The van der Waals surface area contributed by atoms with Crippen molar-refractivity contribution in [1.82, 2.24) is 15.1 Å². The van der Waals surface area contributed by atoms with E-state index in [1.807, 2.05) is 12.1 Å². The number of hydrogen-bond donors (Lipinski definition) is 3. The van der Waals surface area contributed by atoms with Crippen molar-refractivity contribution < 1.29 is 9.59 Å². The molecule has 1 heterocycles. The number of carbonyl (C=O) groups is 2. The summed E-state index contributed by atoms with van der Waals surface area (Å²) in [7, 11) is 0. The Morgan fingerprint density at radius 1 is 1.03 bits per heavy atom. The minimum atomic E-state index is -0.645. The predicted octanol–water partition coefficient (Wildman–Crippen LogP) is 4.26. The molecule has 190 valence electrons. The average Bonchev–Trinajstić information content (AvgIpc) is 3.69. The van der Waals surface area contributed by atoms with Gasteiger partial charge < -0.3 is 16.4 Å². The summed E-state index contributed by atoms with van der Waals surface area (Å²) in [6, 6.07) is 23.5. The van der Waals surface area contributed by atoms with Crippen LogP contribution in [0.4, 0.5) is 5.82 Å². The topological polar surface area (TPSA) is 126 Å². The van der Waals surface area contributed by atoms with Crippen LogP contribution in [0.25, 0.3) is 0 Å². The molecule has 2 aromatic carbocycles.